The predicted octanol–water partition coefficient (Wildman–Crippen LogP) is 1.41. The van der Waals surface area contributed by atoms with Gasteiger partial charge in [-0.3, -0.25) is 4.79 Å². The molecule has 1 aliphatic heterocycles. The summed E-state index contributed by atoms with van der Waals surface area (Å²) in [7, 11) is 3.02. The van der Waals surface area contributed by atoms with Crippen molar-refractivity contribution in [1.29, 1.82) is 0 Å². The maximum absolute atomic E-state index is 12.2. The van der Waals surface area contributed by atoms with E-state index in [-0.39, 0.29) is 12.5 Å². The van der Waals surface area contributed by atoms with E-state index in [4.69, 9.17) is 31.5 Å². The van der Waals surface area contributed by atoms with Crippen LogP contribution in [0.3, 0.4) is 0 Å². The summed E-state index contributed by atoms with van der Waals surface area (Å²) in [5.41, 5.74) is 5.40. The van der Waals surface area contributed by atoms with Crippen molar-refractivity contribution in [1.82, 2.24) is 0 Å². The second kappa shape index (κ2) is 5.87. The van der Waals surface area contributed by atoms with Crippen molar-refractivity contribution < 1.29 is 19.0 Å². The van der Waals surface area contributed by atoms with Crippen LogP contribution in [0.15, 0.2) is 12.1 Å². The molecule has 20 heavy (non-hydrogen) atoms. The van der Waals surface area contributed by atoms with E-state index >= 15 is 0 Å². The third-order valence-corrected chi connectivity index (χ3v) is 3.54. The lowest BCUT2D eigenvalue weighted by molar-refractivity contribution is -0.121. The molecule has 0 radical (unpaired) electrons. The van der Waals surface area contributed by atoms with Crippen molar-refractivity contribution in [3.05, 3.63) is 17.2 Å². The lowest BCUT2D eigenvalue weighted by atomic mass is 9.99. The van der Waals surface area contributed by atoms with E-state index in [0.29, 0.717) is 35.2 Å². The van der Waals surface area contributed by atoms with Crippen molar-refractivity contribution in [2.24, 2.45) is 5.73 Å². The average Bonchev–Trinajstić information content (AvgIpc) is 2.88. The molecule has 1 aromatic carbocycles. The third-order valence-electron chi connectivity index (χ3n) is 3.23. The van der Waals surface area contributed by atoms with Gasteiger partial charge in [0.1, 0.15) is 5.54 Å². The number of carbonyl (C=O) groups excluding carboxylic acids is 1. The van der Waals surface area contributed by atoms with Gasteiger partial charge in [0.2, 0.25) is 5.91 Å². The van der Waals surface area contributed by atoms with Crippen LogP contribution in [-0.4, -0.2) is 38.9 Å². The molecule has 3 N–H and O–H groups in total. The van der Waals surface area contributed by atoms with E-state index in [2.05, 4.69) is 5.32 Å². The second-order valence-corrected chi connectivity index (χ2v) is 5.01. The van der Waals surface area contributed by atoms with Crippen molar-refractivity contribution in [2.75, 3.05) is 32.8 Å². The van der Waals surface area contributed by atoms with Crippen molar-refractivity contribution in [3.63, 3.8) is 0 Å². The number of nitrogens with two attached hydrogens (primary N) is 1. The average molecular weight is 301 g/mol. The van der Waals surface area contributed by atoms with E-state index in [9.17, 15) is 4.79 Å². The van der Waals surface area contributed by atoms with Gasteiger partial charge >= 0.3 is 0 Å². The maximum Gasteiger partial charge on any atom is 0.246 e. The molecule has 6 nitrogen and oxygen atoms in total. The second-order valence-electron chi connectivity index (χ2n) is 4.60. The van der Waals surface area contributed by atoms with Crippen molar-refractivity contribution in [2.45, 2.75) is 12.0 Å². The van der Waals surface area contributed by atoms with Gasteiger partial charge in [-0.2, -0.15) is 0 Å². The van der Waals surface area contributed by atoms with E-state index in [1.54, 1.807) is 12.1 Å². The van der Waals surface area contributed by atoms with Gasteiger partial charge in [0.15, 0.2) is 11.5 Å². The Morgan fingerprint density at radius 2 is 2.05 bits per heavy atom. The molecule has 0 bridgehead atoms. The van der Waals surface area contributed by atoms with E-state index < -0.39 is 5.54 Å². The Hall–Kier alpha value is -1.50. The van der Waals surface area contributed by atoms with Gasteiger partial charge in [0, 0.05) is 18.7 Å². The molecule has 0 spiro atoms. The summed E-state index contributed by atoms with van der Waals surface area (Å²) < 4.78 is 15.5. The highest BCUT2D eigenvalue weighted by Crippen LogP contribution is 2.36. The molecule has 1 saturated heterocycles. The Balaban J connectivity index is 2.23. The molecule has 0 aliphatic carbocycles. The highest BCUT2D eigenvalue weighted by molar-refractivity contribution is 6.34. The fourth-order valence-corrected chi connectivity index (χ4v) is 2.16. The first-order valence-corrected chi connectivity index (χ1v) is 6.47. The number of nitrogens with one attached hydrogen (secondary N) is 1. The number of carbonyl (C=O) groups is 1. The van der Waals surface area contributed by atoms with Gasteiger partial charge in [0.05, 0.1) is 31.5 Å². The van der Waals surface area contributed by atoms with E-state index in [1.165, 1.54) is 14.2 Å². The lowest BCUT2D eigenvalue weighted by Crippen LogP contribution is -2.51. The minimum Gasteiger partial charge on any atom is -0.493 e. The van der Waals surface area contributed by atoms with Crippen molar-refractivity contribution in [3.8, 4) is 11.5 Å². The first-order valence-electron chi connectivity index (χ1n) is 6.10. The Morgan fingerprint density at radius 3 is 2.60 bits per heavy atom. The summed E-state index contributed by atoms with van der Waals surface area (Å²) in [6.07, 6.45) is 0.476. The Labute approximate surface area is 122 Å². The van der Waals surface area contributed by atoms with Gasteiger partial charge in [0.25, 0.3) is 0 Å². The first-order chi connectivity index (χ1) is 9.50. The number of anilines is 1. The molecular formula is C13H17ClN2O4. The number of hydrogen-bond acceptors (Lipinski definition) is 5. The highest BCUT2D eigenvalue weighted by Gasteiger charge is 2.38. The van der Waals surface area contributed by atoms with E-state index in [1.807, 2.05) is 0 Å². The summed E-state index contributed by atoms with van der Waals surface area (Å²) >= 11 is 6.11. The molecule has 1 heterocycles. The van der Waals surface area contributed by atoms with Crippen LogP contribution >= 0.6 is 11.6 Å². The summed E-state index contributed by atoms with van der Waals surface area (Å²) in [6.45, 7) is 0.674. The third kappa shape index (κ3) is 2.82. The predicted molar refractivity (Wildman–Crippen MR) is 75.5 cm³/mol. The number of hydrogen-bond donors (Lipinski definition) is 2. The number of amides is 1. The zero-order chi connectivity index (χ0) is 14.8. The molecule has 1 atom stereocenters. The zero-order valence-corrected chi connectivity index (χ0v) is 12.1. The highest BCUT2D eigenvalue weighted by atomic mass is 35.5. The Kier molecular flexibility index (Phi) is 4.37. The SMILES string of the molecule is COc1cc(Cl)c(NC(=O)C2(N)CCOC2)cc1OC. The maximum atomic E-state index is 12.2. The number of benzene rings is 1. The largest absolute Gasteiger partial charge is 0.493 e. The van der Waals surface area contributed by atoms with Crippen LogP contribution in [0, 0.1) is 0 Å². The number of halogens is 1. The van der Waals surface area contributed by atoms with Gasteiger partial charge in [-0.25, -0.2) is 0 Å². The zero-order valence-electron chi connectivity index (χ0n) is 11.4. The topological polar surface area (TPSA) is 82.8 Å². The molecule has 7 heteroatoms. The quantitative estimate of drug-likeness (QED) is 0.878. The smallest absolute Gasteiger partial charge is 0.246 e. The minimum absolute atomic E-state index is 0.198. The van der Waals surface area contributed by atoms with Crippen LogP contribution in [0.4, 0.5) is 5.69 Å². The monoisotopic (exact) mass is 300 g/mol. The Morgan fingerprint density at radius 1 is 1.40 bits per heavy atom. The molecule has 110 valence electrons. The summed E-state index contributed by atoms with van der Waals surface area (Å²) in [4.78, 5) is 12.2. The fourth-order valence-electron chi connectivity index (χ4n) is 1.96. The fraction of sp³-hybridized carbons (Fsp3) is 0.462. The summed E-state index contributed by atoms with van der Waals surface area (Å²) in [5.74, 6) is 0.632. The molecule has 0 saturated carbocycles. The number of methoxy groups -OCH3 is 2. The standard InChI is InChI=1S/C13H17ClN2O4/c1-18-10-5-8(14)9(6-11(10)19-2)16-12(17)13(15)3-4-20-7-13/h5-6H,3-4,7,15H2,1-2H3,(H,16,17). The molecular weight excluding hydrogens is 284 g/mol. The number of rotatable bonds is 4. The molecule has 1 fully saturated rings. The van der Waals surface area contributed by atoms with Gasteiger partial charge in [-0.1, -0.05) is 11.6 Å². The van der Waals surface area contributed by atoms with Crippen LogP contribution < -0.4 is 20.5 Å². The molecule has 1 unspecified atom stereocenters. The van der Waals surface area contributed by atoms with Crippen LogP contribution in [0.1, 0.15) is 6.42 Å². The van der Waals surface area contributed by atoms with Gasteiger partial charge in [-0.15, -0.1) is 0 Å². The Bertz CT molecular complexity index is 515. The van der Waals surface area contributed by atoms with Crippen molar-refractivity contribution >= 4 is 23.2 Å². The van der Waals surface area contributed by atoms with E-state index in [0.717, 1.165) is 0 Å². The minimum atomic E-state index is -1.02. The van der Waals surface area contributed by atoms with Crippen LogP contribution in [0.25, 0.3) is 0 Å². The normalized spacial score (nSPS) is 21.6. The molecule has 2 rings (SSSR count). The van der Waals surface area contributed by atoms with Crippen LogP contribution in [0.5, 0.6) is 11.5 Å². The molecule has 1 amide bonds. The number of ether oxygens (including phenoxy) is 3. The van der Waals surface area contributed by atoms with Gasteiger partial charge in [-0.05, 0) is 6.42 Å². The summed E-state index contributed by atoms with van der Waals surface area (Å²) in [6, 6.07) is 3.17. The van der Waals surface area contributed by atoms with Gasteiger partial charge < -0.3 is 25.3 Å². The molecule has 1 aromatic rings. The first kappa shape index (κ1) is 14.9. The van der Waals surface area contributed by atoms with Crippen LogP contribution in [0.2, 0.25) is 5.02 Å². The molecule has 0 aromatic heterocycles. The summed E-state index contributed by atoms with van der Waals surface area (Å²) in [5, 5.41) is 3.05. The lowest BCUT2D eigenvalue weighted by Gasteiger charge is -2.21. The molecule has 1 aliphatic rings. The van der Waals surface area contributed by atoms with Crippen LogP contribution in [-0.2, 0) is 9.53 Å².